The van der Waals surface area contributed by atoms with Crippen molar-refractivity contribution in [3.8, 4) is 0 Å². The van der Waals surface area contributed by atoms with E-state index in [2.05, 4.69) is 29.7 Å². The average Bonchev–Trinajstić information content (AvgIpc) is 2.66. The van der Waals surface area contributed by atoms with Crippen LogP contribution in [0.2, 0.25) is 10.0 Å². The van der Waals surface area contributed by atoms with E-state index in [0.717, 1.165) is 17.7 Å². The molecule has 0 aromatic heterocycles. The van der Waals surface area contributed by atoms with E-state index < -0.39 is 0 Å². The molecule has 0 aliphatic rings. The summed E-state index contributed by atoms with van der Waals surface area (Å²) in [6.07, 6.45) is 0.966. The van der Waals surface area contributed by atoms with Gasteiger partial charge in [0.15, 0.2) is 0 Å². The molecular weight excluding hydrogens is 379 g/mol. The van der Waals surface area contributed by atoms with E-state index in [4.69, 9.17) is 23.2 Å². The zero-order valence-corrected chi connectivity index (χ0v) is 16.4. The van der Waals surface area contributed by atoms with Gasteiger partial charge in [0.1, 0.15) is 0 Å². The zero-order valence-electron chi connectivity index (χ0n) is 14.9. The summed E-state index contributed by atoms with van der Waals surface area (Å²) >= 11 is 12.0. The number of anilines is 2. The standard InChI is InChI=1S/C22H20Cl2N2O/c1-2-16-7-3-4-9-21(16)25-14-15-6-5-8-17(10-15)22(27)26-20-12-18(23)11-19(24)13-20/h3-13,25H,2,14H2,1H3,(H,26,27). The number of para-hydroxylation sites is 1. The Bertz CT molecular complexity index is 936. The zero-order chi connectivity index (χ0) is 19.2. The highest BCUT2D eigenvalue weighted by atomic mass is 35.5. The van der Waals surface area contributed by atoms with Crippen LogP contribution in [0.15, 0.2) is 66.7 Å². The molecular formula is C22H20Cl2N2O. The maximum atomic E-state index is 12.5. The van der Waals surface area contributed by atoms with Crippen LogP contribution in [0.4, 0.5) is 11.4 Å². The number of halogens is 2. The van der Waals surface area contributed by atoms with Gasteiger partial charge in [-0.15, -0.1) is 0 Å². The van der Waals surface area contributed by atoms with E-state index in [1.807, 2.05) is 30.3 Å². The van der Waals surface area contributed by atoms with Crippen molar-refractivity contribution in [1.82, 2.24) is 0 Å². The van der Waals surface area contributed by atoms with Gasteiger partial charge < -0.3 is 10.6 Å². The van der Waals surface area contributed by atoms with E-state index >= 15 is 0 Å². The maximum Gasteiger partial charge on any atom is 0.255 e. The van der Waals surface area contributed by atoms with E-state index in [1.165, 1.54) is 5.56 Å². The van der Waals surface area contributed by atoms with Crippen molar-refractivity contribution >= 4 is 40.5 Å². The van der Waals surface area contributed by atoms with Crippen molar-refractivity contribution < 1.29 is 4.79 Å². The molecule has 27 heavy (non-hydrogen) atoms. The molecule has 2 N–H and O–H groups in total. The van der Waals surface area contributed by atoms with Crippen molar-refractivity contribution in [2.24, 2.45) is 0 Å². The highest BCUT2D eigenvalue weighted by molar-refractivity contribution is 6.35. The number of nitrogens with one attached hydrogen (secondary N) is 2. The maximum absolute atomic E-state index is 12.5. The predicted octanol–water partition coefficient (Wildman–Crippen LogP) is 6.42. The lowest BCUT2D eigenvalue weighted by Gasteiger charge is -2.12. The Balaban J connectivity index is 1.70. The first-order valence-corrected chi connectivity index (χ1v) is 9.49. The van der Waals surface area contributed by atoms with E-state index in [-0.39, 0.29) is 5.91 Å². The minimum absolute atomic E-state index is 0.204. The first-order valence-electron chi connectivity index (χ1n) is 8.73. The van der Waals surface area contributed by atoms with Gasteiger partial charge in [-0.05, 0) is 53.9 Å². The topological polar surface area (TPSA) is 41.1 Å². The Kier molecular flexibility index (Phi) is 6.38. The molecule has 0 saturated carbocycles. The van der Waals surface area contributed by atoms with Crippen LogP contribution < -0.4 is 10.6 Å². The second kappa shape index (κ2) is 8.94. The second-order valence-electron chi connectivity index (χ2n) is 6.18. The minimum atomic E-state index is -0.204. The number of benzene rings is 3. The van der Waals surface area contributed by atoms with Crippen molar-refractivity contribution in [3.63, 3.8) is 0 Å². The molecule has 0 radical (unpaired) electrons. The molecule has 0 saturated heterocycles. The van der Waals surface area contributed by atoms with E-state index in [1.54, 1.807) is 24.3 Å². The number of rotatable bonds is 6. The van der Waals surface area contributed by atoms with Gasteiger partial charge in [0.05, 0.1) is 0 Å². The molecule has 0 atom stereocenters. The van der Waals surface area contributed by atoms with Gasteiger partial charge in [-0.1, -0.05) is 60.5 Å². The van der Waals surface area contributed by atoms with Crippen LogP contribution in [0, 0.1) is 0 Å². The number of hydrogen-bond donors (Lipinski definition) is 2. The van der Waals surface area contributed by atoms with Crippen molar-refractivity contribution in [3.05, 3.63) is 93.5 Å². The lowest BCUT2D eigenvalue weighted by Crippen LogP contribution is -2.12. The molecule has 0 heterocycles. The molecule has 3 aromatic carbocycles. The normalized spacial score (nSPS) is 10.5. The summed E-state index contributed by atoms with van der Waals surface area (Å²) in [6, 6.07) is 20.7. The van der Waals surface area contributed by atoms with Crippen LogP contribution in [-0.2, 0) is 13.0 Å². The summed E-state index contributed by atoms with van der Waals surface area (Å²) in [5.74, 6) is -0.204. The Hall–Kier alpha value is -2.49. The third kappa shape index (κ3) is 5.25. The smallest absolute Gasteiger partial charge is 0.255 e. The second-order valence-corrected chi connectivity index (χ2v) is 7.05. The van der Waals surface area contributed by atoms with Crippen LogP contribution in [0.3, 0.4) is 0 Å². The van der Waals surface area contributed by atoms with Gasteiger partial charge >= 0.3 is 0 Å². The van der Waals surface area contributed by atoms with Gasteiger partial charge in [0, 0.05) is 33.5 Å². The summed E-state index contributed by atoms with van der Waals surface area (Å²) < 4.78 is 0. The predicted molar refractivity (Wildman–Crippen MR) is 114 cm³/mol. The number of carbonyl (C=O) groups is 1. The third-order valence-electron chi connectivity index (χ3n) is 4.19. The molecule has 0 aliphatic heterocycles. The highest BCUT2D eigenvalue weighted by Gasteiger charge is 2.08. The summed E-state index contributed by atoms with van der Waals surface area (Å²) in [4.78, 5) is 12.5. The number of hydrogen-bond acceptors (Lipinski definition) is 2. The minimum Gasteiger partial charge on any atom is -0.381 e. The molecule has 3 rings (SSSR count). The quantitative estimate of drug-likeness (QED) is 0.502. The number of carbonyl (C=O) groups excluding carboxylic acids is 1. The summed E-state index contributed by atoms with van der Waals surface area (Å²) in [7, 11) is 0. The highest BCUT2D eigenvalue weighted by Crippen LogP contribution is 2.23. The largest absolute Gasteiger partial charge is 0.381 e. The summed E-state index contributed by atoms with van der Waals surface area (Å²) in [6.45, 7) is 2.77. The first-order chi connectivity index (χ1) is 13.0. The molecule has 0 bridgehead atoms. The molecule has 138 valence electrons. The van der Waals surface area contributed by atoms with Gasteiger partial charge in [0.25, 0.3) is 5.91 Å². The van der Waals surface area contributed by atoms with Gasteiger partial charge in [-0.25, -0.2) is 0 Å². The molecule has 3 nitrogen and oxygen atoms in total. The SMILES string of the molecule is CCc1ccccc1NCc1cccc(C(=O)Nc2cc(Cl)cc(Cl)c2)c1. The average molecular weight is 399 g/mol. The Labute approximate surface area is 169 Å². The molecule has 5 heteroatoms. The van der Waals surface area contributed by atoms with E-state index in [0.29, 0.717) is 27.8 Å². The lowest BCUT2D eigenvalue weighted by atomic mass is 10.1. The monoisotopic (exact) mass is 398 g/mol. The van der Waals surface area contributed by atoms with Crippen molar-refractivity contribution in [1.29, 1.82) is 0 Å². The molecule has 1 amide bonds. The Morgan fingerprint density at radius 2 is 1.67 bits per heavy atom. The molecule has 0 unspecified atom stereocenters. The Morgan fingerprint density at radius 3 is 2.41 bits per heavy atom. The van der Waals surface area contributed by atoms with Crippen LogP contribution >= 0.6 is 23.2 Å². The van der Waals surface area contributed by atoms with Gasteiger partial charge in [-0.3, -0.25) is 4.79 Å². The van der Waals surface area contributed by atoms with Crippen LogP contribution in [0.25, 0.3) is 0 Å². The summed E-state index contributed by atoms with van der Waals surface area (Å²) in [5.41, 5.74) is 4.55. The van der Waals surface area contributed by atoms with Crippen LogP contribution in [-0.4, -0.2) is 5.91 Å². The first kappa shape index (κ1) is 19.3. The third-order valence-corrected chi connectivity index (χ3v) is 4.63. The lowest BCUT2D eigenvalue weighted by molar-refractivity contribution is 0.102. The Morgan fingerprint density at radius 1 is 0.926 bits per heavy atom. The van der Waals surface area contributed by atoms with Crippen molar-refractivity contribution in [2.75, 3.05) is 10.6 Å². The summed E-state index contributed by atoms with van der Waals surface area (Å²) in [5, 5.41) is 7.23. The van der Waals surface area contributed by atoms with E-state index in [9.17, 15) is 4.79 Å². The fourth-order valence-corrected chi connectivity index (χ4v) is 3.38. The van der Waals surface area contributed by atoms with Crippen LogP contribution in [0.5, 0.6) is 0 Å². The number of amides is 1. The van der Waals surface area contributed by atoms with Crippen molar-refractivity contribution in [2.45, 2.75) is 19.9 Å². The molecule has 0 fully saturated rings. The number of aryl methyl sites for hydroxylation is 1. The van der Waals surface area contributed by atoms with Gasteiger partial charge in [0.2, 0.25) is 0 Å². The van der Waals surface area contributed by atoms with Crippen LogP contribution in [0.1, 0.15) is 28.4 Å². The molecule has 0 aliphatic carbocycles. The molecule has 0 spiro atoms. The fourth-order valence-electron chi connectivity index (χ4n) is 2.85. The molecule has 3 aromatic rings. The van der Waals surface area contributed by atoms with Gasteiger partial charge in [-0.2, -0.15) is 0 Å². The fraction of sp³-hybridized carbons (Fsp3) is 0.136.